The first-order valence-electron chi connectivity index (χ1n) is 10.8. The van der Waals surface area contributed by atoms with Crippen molar-refractivity contribution in [3.05, 3.63) is 40.5 Å². The van der Waals surface area contributed by atoms with Crippen LogP contribution in [-0.2, 0) is 0 Å². The third-order valence-electron chi connectivity index (χ3n) is 6.28. The van der Waals surface area contributed by atoms with Crippen LogP contribution in [0, 0.1) is 10.1 Å². The van der Waals surface area contributed by atoms with Crippen LogP contribution >= 0.6 is 0 Å². The molecule has 3 heterocycles. The fourth-order valence-electron chi connectivity index (χ4n) is 4.61. The van der Waals surface area contributed by atoms with Gasteiger partial charge in [0.15, 0.2) is 0 Å². The molecule has 0 saturated carbocycles. The van der Waals surface area contributed by atoms with E-state index in [9.17, 15) is 10.1 Å². The second-order valence-corrected chi connectivity index (χ2v) is 8.32. The number of hydrogen-bond donors (Lipinski definition) is 0. The molecule has 4 rings (SSSR count). The summed E-state index contributed by atoms with van der Waals surface area (Å²) in [5.74, 6) is 0. The van der Waals surface area contributed by atoms with Gasteiger partial charge in [0, 0.05) is 42.5 Å². The van der Waals surface area contributed by atoms with Crippen LogP contribution in [0.1, 0.15) is 57.9 Å². The predicted molar refractivity (Wildman–Crippen MR) is 117 cm³/mol. The zero-order valence-corrected chi connectivity index (χ0v) is 17.6. The van der Waals surface area contributed by atoms with Crippen molar-refractivity contribution >= 4 is 23.3 Å². The maximum atomic E-state index is 12.0. The highest BCUT2D eigenvalue weighted by Crippen LogP contribution is 2.39. The lowest BCUT2D eigenvalue weighted by Gasteiger charge is -2.39. The Kier molecular flexibility index (Phi) is 5.96. The summed E-state index contributed by atoms with van der Waals surface area (Å²) in [4.78, 5) is 16.3. The topological polar surface area (TPSA) is 92.7 Å². The number of piperidine rings is 2. The molecule has 2 saturated heterocycles. The maximum absolute atomic E-state index is 12.0. The monoisotopic (exact) mass is 411 g/mol. The molecular weight excluding hydrogens is 382 g/mol. The van der Waals surface area contributed by atoms with Crippen molar-refractivity contribution in [1.29, 1.82) is 0 Å². The molecule has 0 bridgehead atoms. The summed E-state index contributed by atoms with van der Waals surface area (Å²) in [5.41, 5.74) is 2.62. The Balaban J connectivity index is 1.82. The van der Waals surface area contributed by atoms with Crippen molar-refractivity contribution in [3.63, 3.8) is 0 Å². The Morgan fingerprint density at radius 3 is 2.17 bits per heavy atom. The smallest absolute Gasteiger partial charge is 0.293 e. The van der Waals surface area contributed by atoms with E-state index >= 15 is 0 Å². The Morgan fingerprint density at radius 1 is 1.00 bits per heavy atom. The number of nitro benzene ring substituents is 1. The van der Waals surface area contributed by atoms with E-state index in [0.717, 1.165) is 55.7 Å². The number of rotatable bonds is 5. The summed E-state index contributed by atoms with van der Waals surface area (Å²) >= 11 is 0. The van der Waals surface area contributed by atoms with E-state index in [0.29, 0.717) is 12.1 Å². The second kappa shape index (κ2) is 8.81. The summed E-state index contributed by atoms with van der Waals surface area (Å²) in [7, 11) is 0. The Labute approximate surface area is 176 Å². The van der Waals surface area contributed by atoms with Crippen molar-refractivity contribution in [2.24, 2.45) is 5.10 Å². The SMILES string of the molecule is C[C@H]1CCCCN1c1cc(N2CCCC[C@@H]2C)c([N+](=O)[O-])cc1/C=N\n1cnnc1. The number of benzene rings is 1. The third kappa shape index (κ3) is 4.15. The van der Waals surface area contributed by atoms with Gasteiger partial charge in [-0.15, -0.1) is 10.2 Å². The van der Waals surface area contributed by atoms with Gasteiger partial charge >= 0.3 is 0 Å². The van der Waals surface area contributed by atoms with Crippen molar-refractivity contribution in [1.82, 2.24) is 14.9 Å². The average molecular weight is 412 g/mol. The van der Waals surface area contributed by atoms with Crippen LogP contribution in [-0.4, -0.2) is 51.2 Å². The van der Waals surface area contributed by atoms with Gasteiger partial charge in [0.05, 0.1) is 11.1 Å². The fraction of sp³-hybridized carbons (Fsp3) is 0.571. The van der Waals surface area contributed by atoms with Crippen LogP contribution in [0.2, 0.25) is 0 Å². The van der Waals surface area contributed by atoms with Crippen LogP contribution in [0.15, 0.2) is 29.9 Å². The van der Waals surface area contributed by atoms with E-state index in [1.54, 1.807) is 12.3 Å². The van der Waals surface area contributed by atoms with Crippen LogP contribution in [0.4, 0.5) is 17.1 Å². The molecule has 1 aromatic carbocycles. The first-order chi connectivity index (χ1) is 14.5. The van der Waals surface area contributed by atoms with E-state index in [1.165, 1.54) is 30.2 Å². The minimum Gasteiger partial charge on any atom is -0.368 e. The standard InChI is InChI=1S/C21H29N7O2/c1-16-7-3-5-9-26(16)19-12-20(27-10-6-4-8-17(27)2)21(28(29)30)11-18(19)13-24-25-14-22-23-15-25/h11-17H,3-10H2,1-2H3/b24-13-/t16-,17-/m0/s1. The minimum atomic E-state index is -0.268. The molecule has 9 nitrogen and oxygen atoms in total. The van der Waals surface area contributed by atoms with Gasteiger partial charge in [-0.05, 0) is 58.4 Å². The van der Waals surface area contributed by atoms with Crippen molar-refractivity contribution in [2.45, 2.75) is 64.5 Å². The summed E-state index contributed by atoms with van der Waals surface area (Å²) in [6, 6.07) is 4.38. The Bertz CT molecular complexity index is 912. The maximum Gasteiger partial charge on any atom is 0.293 e. The number of aromatic nitrogens is 3. The van der Waals surface area contributed by atoms with Gasteiger partial charge in [-0.3, -0.25) is 10.1 Å². The number of nitro groups is 1. The molecular formula is C21H29N7O2. The van der Waals surface area contributed by atoms with E-state index in [2.05, 4.69) is 38.9 Å². The molecule has 2 atom stereocenters. The van der Waals surface area contributed by atoms with E-state index < -0.39 is 0 Å². The number of nitrogens with zero attached hydrogens (tertiary/aromatic N) is 7. The van der Waals surface area contributed by atoms with E-state index in [-0.39, 0.29) is 10.6 Å². The van der Waals surface area contributed by atoms with Crippen LogP contribution < -0.4 is 9.80 Å². The van der Waals surface area contributed by atoms with Gasteiger partial charge in [-0.25, -0.2) is 4.68 Å². The highest BCUT2D eigenvalue weighted by Gasteiger charge is 2.30. The van der Waals surface area contributed by atoms with Gasteiger partial charge in [0.1, 0.15) is 18.3 Å². The lowest BCUT2D eigenvalue weighted by Crippen LogP contribution is -2.40. The Morgan fingerprint density at radius 2 is 1.60 bits per heavy atom. The van der Waals surface area contributed by atoms with Gasteiger partial charge in [-0.2, -0.15) is 5.10 Å². The van der Waals surface area contributed by atoms with Crippen LogP contribution in [0.5, 0.6) is 0 Å². The molecule has 0 aliphatic carbocycles. The van der Waals surface area contributed by atoms with Gasteiger partial charge in [-0.1, -0.05) is 0 Å². The van der Waals surface area contributed by atoms with E-state index in [1.807, 2.05) is 6.07 Å². The second-order valence-electron chi connectivity index (χ2n) is 8.32. The lowest BCUT2D eigenvalue weighted by atomic mass is 9.98. The Hall–Kier alpha value is -2.97. The molecule has 2 aromatic rings. The molecule has 9 heteroatoms. The van der Waals surface area contributed by atoms with E-state index in [4.69, 9.17) is 0 Å². The zero-order chi connectivity index (χ0) is 21.1. The van der Waals surface area contributed by atoms with Gasteiger partial charge < -0.3 is 9.80 Å². The molecule has 2 fully saturated rings. The van der Waals surface area contributed by atoms with Crippen molar-refractivity contribution in [2.75, 3.05) is 22.9 Å². The normalized spacial score (nSPS) is 22.6. The molecule has 2 aliphatic heterocycles. The zero-order valence-electron chi connectivity index (χ0n) is 17.6. The van der Waals surface area contributed by atoms with Crippen LogP contribution in [0.25, 0.3) is 0 Å². The molecule has 0 amide bonds. The summed E-state index contributed by atoms with van der Waals surface area (Å²) < 4.78 is 1.50. The summed E-state index contributed by atoms with van der Waals surface area (Å²) in [5, 5.41) is 23.9. The van der Waals surface area contributed by atoms with Gasteiger partial charge in [0.2, 0.25) is 0 Å². The van der Waals surface area contributed by atoms with Gasteiger partial charge in [0.25, 0.3) is 5.69 Å². The van der Waals surface area contributed by atoms with Crippen LogP contribution in [0.3, 0.4) is 0 Å². The fourth-order valence-corrected chi connectivity index (χ4v) is 4.61. The first kappa shape index (κ1) is 20.3. The highest BCUT2D eigenvalue weighted by atomic mass is 16.6. The van der Waals surface area contributed by atoms with Crippen molar-refractivity contribution in [3.8, 4) is 0 Å². The molecule has 0 radical (unpaired) electrons. The predicted octanol–water partition coefficient (Wildman–Crippen LogP) is 3.83. The third-order valence-corrected chi connectivity index (χ3v) is 6.28. The molecule has 0 spiro atoms. The molecule has 1 aromatic heterocycles. The molecule has 160 valence electrons. The number of anilines is 2. The quantitative estimate of drug-likeness (QED) is 0.422. The molecule has 0 unspecified atom stereocenters. The molecule has 30 heavy (non-hydrogen) atoms. The van der Waals surface area contributed by atoms with Crippen molar-refractivity contribution < 1.29 is 4.92 Å². The average Bonchev–Trinajstić information content (AvgIpc) is 3.26. The lowest BCUT2D eigenvalue weighted by molar-refractivity contribution is -0.384. The highest BCUT2D eigenvalue weighted by molar-refractivity contribution is 5.92. The molecule has 2 aliphatic rings. The molecule has 0 N–H and O–H groups in total. The summed E-state index contributed by atoms with van der Waals surface area (Å²) in [6.45, 7) is 6.19. The largest absolute Gasteiger partial charge is 0.368 e. The minimum absolute atomic E-state index is 0.141. The summed E-state index contributed by atoms with van der Waals surface area (Å²) in [6.07, 6.45) is 11.4. The number of hydrogen-bond acceptors (Lipinski definition) is 7. The first-order valence-corrected chi connectivity index (χ1v) is 10.8.